The normalized spacial score (nSPS) is 29.3. The van der Waals surface area contributed by atoms with Crippen LogP contribution in [-0.4, -0.2) is 38.6 Å². The number of ether oxygens (including phenoxy) is 2. The second-order valence-corrected chi connectivity index (χ2v) is 14.6. The van der Waals surface area contributed by atoms with Crippen molar-refractivity contribution >= 4 is 11.6 Å². The monoisotopic (exact) mass is 600 g/mol. The molecule has 2 N–H and O–H groups in total. The zero-order chi connectivity index (χ0) is 32.4. The average Bonchev–Trinajstić information content (AvgIpc) is 3.07. The Morgan fingerprint density at radius 1 is 0.909 bits per heavy atom. The molecule has 2 aliphatic heterocycles. The summed E-state index contributed by atoms with van der Waals surface area (Å²) in [6.45, 7) is 18.1. The Balaban J connectivity index is 1.75. The average molecular weight is 601 g/mol. The van der Waals surface area contributed by atoms with Gasteiger partial charge in [0.25, 0.3) is 0 Å². The third-order valence-corrected chi connectivity index (χ3v) is 10.1. The minimum Gasteiger partial charge on any atom is -0.507 e. The smallest absolute Gasteiger partial charge is 0.200 e. The molecule has 2 fully saturated rings. The number of hydrogen-bond acceptors (Lipinski definition) is 6. The molecule has 236 valence electrons. The minimum atomic E-state index is -1.45. The first kappa shape index (κ1) is 32.0. The van der Waals surface area contributed by atoms with E-state index in [1.807, 2.05) is 59.8 Å². The van der Waals surface area contributed by atoms with Gasteiger partial charge in [-0.3, -0.25) is 9.59 Å². The van der Waals surface area contributed by atoms with Crippen molar-refractivity contribution in [2.75, 3.05) is 0 Å². The third kappa shape index (κ3) is 4.72. The molecule has 6 rings (SSSR count). The lowest BCUT2D eigenvalue weighted by Crippen LogP contribution is -2.74. The predicted octanol–water partition coefficient (Wildman–Crippen LogP) is 8.42. The Kier molecular flexibility index (Phi) is 7.94. The number of fused-ring (bicyclic) bond motifs is 1. The third-order valence-electron chi connectivity index (χ3n) is 10.1. The van der Waals surface area contributed by atoms with Crippen LogP contribution in [0.5, 0.6) is 17.2 Å². The molecule has 5 aliphatic rings. The summed E-state index contributed by atoms with van der Waals surface area (Å²) in [5.74, 6) is -1.09. The van der Waals surface area contributed by atoms with Crippen LogP contribution in [0.1, 0.15) is 110 Å². The molecule has 0 amide bonds. The van der Waals surface area contributed by atoms with Crippen molar-refractivity contribution in [2.24, 2.45) is 11.3 Å². The molecule has 44 heavy (non-hydrogen) atoms. The van der Waals surface area contributed by atoms with E-state index in [1.54, 1.807) is 0 Å². The van der Waals surface area contributed by atoms with E-state index < -0.39 is 22.2 Å². The number of aromatic hydroxyl groups is 2. The van der Waals surface area contributed by atoms with Crippen LogP contribution in [0, 0.1) is 11.3 Å². The van der Waals surface area contributed by atoms with Crippen LogP contribution in [0.2, 0.25) is 0 Å². The van der Waals surface area contributed by atoms with Crippen molar-refractivity contribution in [2.45, 2.75) is 118 Å². The molecule has 4 atom stereocenters. The number of hydrogen-bond donors (Lipinski definition) is 2. The van der Waals surface area contributed by atoms with Crippen molar-refractivity contribution < 1.29 is 29.3 Å². The highest BCUT2D eigenvalue weighted by Gasteiger charge is 2.83. The molecule has 6 nitrogen and oxygen atoms in total. The van der Waals surface area contributed by atoms with Crippen LogP contribution < -0.4 is 4.74 Å². The van der Waals surface area contributed by atoms with Gasteiger partial charge in [-0.1, -0.05) is 52.7 Å². The highest BCUT2D eigenvalue weighted by Crippen LogP contribution is 2.71. The van der Waals surface area contributed by atoms with Crippen molar-refractivity contribution in [3.8, 4) is 17.2 Å². The molecular weight excluding hydrogens is 552 g/mol. The highest BCUT2D eigenvalue weighted by molar-refractivity contribution is 6.19. The van der Waals surface area contributed by atoms with Gasteiger partial charge in [0.05, 0.1) is 11.0 Å². The Bertz CT molecular complexity index is 1570. The zero-order valence-electron chi connectivity index (χ0n) is 27.8. The Hall–Kier alpha value is -3.38. The van der Waals surface area contributed by atoms with Gasteiger partial charge in [-0.05, 0) is 94.4 Å². The molecule has 2 heterocycles. The fourth-order valence-corrected chi connectivity index (χ4v) is 7.91. The van der Waals surface area contributed by atoms with E-state index in [-0.39, 0.29) is 46.7 Å². The summed E-state index contributed by atoms with van der Waals surface area (Å²) in [6, 6.07) is 1.22. The van der Waals surface area contributed by atoms with E-state index in [4.69, 9.17) is 9.47 Å². The molecule has 1 spiro atoms. The molecule has 0 radical (unpaired) electrons. The predicted molar refractivity (Wildman–Crippen MR) is 173 cm³/mol. The molecular formula is C38H48O6. The van der Waals surface area contributed by atoms with Gasteiger partial charge in [0.2, 0.25) is 0 Å². The van der Waals surface area contributed by atoms with Crippen molar-refractivity contribution in [3.05, 3.63) is 75.4 Å². The Labute approximate surface area is 262 Å². The van der Waals surface area contributed by atoms with Crippen LogP contribution in [-0.2, 0) is 16.0 Å². The second kappa shape index (κ2) is 10.9. The molecule has 1 aromatic carbocycles. The number of carbonyl (C=O) groups excluding carboxylic acids is 2. The molecule has 3 aliphatic carbocycles. The summed E-state index contributed by atoms with van der Waals surface area (Å²) < 4.78 is 14.0. The quantitative estimate of drug-likeness (QED) is 0.276. The first-order valence-electron chi connectivity index (χ1n) is 15.9. The second-order valence-electron chi connectivity index (χ2n) is 14.6. The van der Waals surface area contributed by atoms with Gasteiger partial charge in [-0.2, -0.15) is 0 Å². The highest BCUT2D eigenvalue weighted by atomic mass is 16.6. The molecule has 1 aromatic rings. The van der Waals surface area contributed by atoms with Gasteiger partial charge in [0.1, 0.15) is 22.8 Å². The number of carbonyl (C=O) groups is 2. The number of rotatable bonds is 9. The summed E-state index contributed by atoms with van der Waals surface area (Å²) in [5.41, 5.74) is 0.810. The van der Waals surface area contributed by atoms with Gasteiger partial charge in [0.15, 0.2) is 22.8 Å². The van der Waals surface area contributed by atoms with Crippen LogP contribution >= 0.6 is 0 Å². The van der Waals surface area contributed by atoms with E-state index in [0.29, 0.717) is 30.4 Å². The molecule has 1 saturated carbocycles. The number of phenols is 2. The van der Waals surface area contributed by atoms with Crippen molar-refractivity contribution in [3.63, 3.8) is 0 Å². The lowest BCUT2D eigenvalue weighted by molar-refractivity contribution is -0.178. The van der Waals surface area contributed by atoms with E-state index in [1.165, 1.54) is 17.2 Å². The Morgan fingerprint density at radius 2 is 1.57 bits per heavy atom. The van der Waals surface area contributed by atoms with Gasteiger partial charge in [0, 0.05) is 29.5 Å². The maximum atomic E-state index is 15.1. The van der Waals surface area contributed by atoms with Gasteiger partial charge in [-0.25, -0.2) is 0 Å². The van der Waals surface area contributed by atoms with E-state index >= 15 is 4.79 Å². The molecule has 1 saturated heterocycles. The van der Waals surface area contributed by atoms with Crippen LogP contribution in [0.3, 0.4) is 0 Å². The minimum absolute atomic E-state index is 0.0370. The first-order chi connectivity index (χ1) is 20.5. The largest absolute Gasteiger partial charge is 0.507 e. The first-order valence-corrected chi connectivity index (χ1v) is 15.9. The maximum absolute atomic E-state index is 15.1. The van der Waals surface area contributed by atoms with E-state index in [9.17, 15) is 15.0 Å². The van der Waals surface area contributed by atoms with E-state index in [2.05, 4.69) is 32.9 Å². The van der Waals surface area contributed by atoms with Gasteiger partial charge >= 0.3 is 0 Å². The van der Waals surface area contributed by atoms with Crippen LogP contribution in [0.15, 0.2) is 64.3 Å². The van der Waals surface area contributed by atoms with Gasteiger partial charge < -0.3 is 19.7 Å². The molecule has 0 aromatic heterocycles. The lowest BCUT2D eigenvalue weighted by atomic mass is 9.45. The van der Waals surface area contributed by atoms with Crippen molar-refractivity contribution in [1.82, 2.24) is 0 Å². The van der Waals surface area contributed by atoms with E-state index in [0.717, 1.165) is 24.0 Å². The molecule has 4 bridgehead atoms. The molecule has 1 unspecified atom stereocenters. The van der Waals surface area contributed by atoms with Crippen LogP contribution in [0.25, 0.3) is 0 Å². The fourth-order valence-electron chi connectivity index (χ4n) is 7.91. The molecule has 6 heteroatoms. The number of phenolic OH excluding ortho intramolecular Hbond substituents is 2. The summed E-state index contributed by atoms with van der Waals surface area (Å²) in [4.78, 5) is 29.7. The zero-order valence-corrected chi connectivity index (χ0v) is 27.8. The summed E-state index contributed by atoms with van der Waals surface area (Å²) in [7, 11) is 0. The lowest BCUT2D eigenvalue weighted by Gasteiger charge is -2.60. The van der Waals surface area contributed by atoms with Crippen molar-refractivity contribution in [1.29, 1.82) is 0 Å². The van der Waals surface area contributed by atoms with Gasteiger partial charge in [-0.15, -0.1) is 0 Å². The number of benzene rings is 1. The number of ketones is 2. The number of allylic oxidation sites excluding steroid dienone is 8. The summed E-state index contributed by atoms with van der Waals surface area (Å²) >= 11 is 0. The maximum Gasteiger partial charge on any atom is 0.200 e. The SMILES string of the molecule is CC(C)=CCC/C(C)=C/C[C@]12C=C3C(=O)c4c(O)cc(O)c(CC=C(C)C)c4O[C@]34C(C1)C(C)(C)O[C@]4(CC=C(C)C)C2=O. The fraction of sp³-hybridized carbons (Fsp3) is 0.526. The number of Topliss-reactive ketones (excluding diaryl/α,β-unsaturated/α-hetero) is 2. The topological polar surface area (TPSA) is 93.1 Å². The van der Waals surface area contributed by atoms with Crippen LogP contribution in [0.4, 0.5) is 0 Å². The standard InChI is InChI=1S/C38H48O6/c1-22(2)11-10-12-25(7)16-17-36-20-27-32(41)31-29(40)19-28(39)26(14-13-23(3)4)33(31)43-38(27)30(21-36)35(8,9)44-37(38,34(36)42)18-15-24(5)6/h11,13,15-16,19-20,30,39-40H,10,12,14,17-18,21H2,1-9H3/b25-16+/t30?,36-,37+,38-/m0/s1. The Morgan fingerprint density at radius 3 is 2.20 bits per heavy atom. The summed E-state index contributed by atoms with van der Waals surface area (Å²) in [6.07, 6.45) is 13.5. The summed E-state index contributed by atoms with van der Waals surface area (Å²) in [5, 5.41) is 22.0.